The van der Waals surface area contributed by atoms with Gasteiger partial charge in [-0.05, 0) is 25.5 Å². The van der Waals surface area contributed by atoms with Crippen LogP contribution in [0.3, 0.4) is 0 Å². The van der Waals surface area contributed by atoms with Crippen molar-refractivity contribution in [1.29, 1.82) is 0 Å². The zero-order chi connectivity index (χ0) is 11.4. The van der Waals surface area contributed by atoms with E-state index in [2.05, 4.69) is 0 Å². The van der Waals surface area contributed by atoms with Crippen LogP contribution in [0.1, 0.15) is 23.0 Å². The SMILES string of the molecule is CCOC(=O)c1c(C)ccn1CC(F)F. The molecule has 0 saturated heterocycles. The molecule has 0 unspecified atom stereocenters. The van der Waals surface area contributed by atoms with Crippen molar-refractivity contribution in [3.63, 3.8) is 0 Å². The zero-order valence-corrected chi connectivity index (χ0v) is 8.67. The van der Waals surface area contributed by atoms with Crippen molar-refractivity contribution < 1.29 is 18.3 Å². The minimum absolute atomic E-state index is 0.206. The molecule has 0 N–H and O–H groups in total. The minimum atomic E-state index is -2.48. The highest BCUT2D eigenvalue weighted by Gasteiger charge is 2.17. The van der Waals surface area contributed by atoms with Gasteiger partial charge < -0.3 is 9.30 Å². The van der Waals surface area contributed by atoms with Crippen LogP contribution < -0.4 is 0 Å². The highest BCUT2D eigenvalue weighted by atomic mass is 19.3. The lowest BCUT2D eigenvalue weighted by molar-refractivity contribution is 0.0505. The van der Waals surface area contributed by atoms with Gasteiger partial charge in [-0.2, -0.15) is 0 Å². The average molecular weight is 217 g/mol. The number of esters is 1. The van der Waals surface area contributed by atoms with Crippen LogP contribution in [-0.4, -0.2) is 23.6 Å². The molecule has 0 bridgehead atoms. The van der Waals surface area contributed by atoms with E-state index in [9.17, 15) is 13.6 Å². The van der Waals surface area contributed by atoms with E-state index in [0.29, 0.717) is 5.56 Å². The second-order valence-electron chi connectivity index (χ2n) is 3.11. The number of nitrogens with zero attached hydrogens (tertiary/aromatic N) is 1. The molecule has 3 nitrogen and oxygen atoms in total. The van der Waals surface area contributed by atoms with Gasteiger partial charge in [0.1, 0.15) is 5.69 Å². The van der Waals surface area contributed by atoms with Gasteiger partial charge in [-0.25, -0.2) is 13.6 Å². The minimum Gasteiger partial charge on any atom is -0.461 e. The molecule has 0 saturated carbocycles. The normalized spacial score (nSPS) is 10.7. The van der Waals surface area contributed by atoms with Crippen molar-refractivity contribution in [2.75, 3.05) is 6.61 Å². The largest absolute Gasteiger partial charge is 0.461 e. The molecule has 0 radical (unpaired) electrons. The van der Waals surface area contributed by atoms with Gasteiger partial charge in [0.15, 0.2) is 0 Å². The summed E-state index contributed by atoms with van der Waals surface area (Å²) in [5.41, 5.74) is 0.853. The number of rotatable bonds is 4. The van der Waals surface area contributed by atoms with E-state index < -0.39 is 18.9 Å². The molecule has 0 aliphatic heterocycles. The number of halogens is 2. The molecular weight excluding hydrogens is 204 g/mol. The molecule has 0 amide bonds. The highest BCUT2D eigenvalue weighted by molar-refractivity contribution is 5.89. The predicted molar refractivity (Wildman–Crippen MR) is 51.1 cm³/mol. The molecule has 84 valence electrons. The van der Waals surface area contributed by atoms with Crippen LogP contribution in [0.5, 0.6) is 0 Å². The van der Waals surface area contributed by atoms with Gasteiger partial charge in [-0.3, -0.25) is 0 Å². The van der Waals surface area contributed by atoms with Crippen molar-refractivity contribution in [1.82, 2.24) is 4.57 Å². The Hall–Kier alpha value is -1.39. The molecule has 0 atom stereocenters. The summed E-state index contributed by atoms with van der Waals surface area (Å²) in [5.74, 6) is -0.555. The zero-order valence-electron chi connectivity index (χ0n) is 8.67. The second kappa shape index (κ2) is 4.91. The average Bonchev–Trinajstić information content (AvgIpc) is 2.46. The fourth-order valence-corrected chi connectivity index (χ4v) is 1.36. The molecule has 0 spiro atoms. The molecular formula is C10H13F2NO2. The van der Waals surface area contributed by atoms with E-state index >= 15 is 0 Å². The number of hydrogen-bond acceptors (Lipinski definition) is 2. The van der Waals surface area contributed by atoms with Gasteiger partial charge in [0.2, 0.25) is 0 Å². The number of carbonyl (C=O) groups excluding carboxylic acids is 1. The first-order chi connectivity index (χ1) is 7.06. The van der Waals surface area contributed by atoms with Gasteiger partial charge in [0, 0.05) is 6.20 Å². The third-order valence-electron chi connectivity index (χ3n) is 1.97. The maximum absolute atomic E-state index is 12.2. The second-order valence-corrected chi connectivity index (χ2v) is 3.11. The van der Waals surface area contributed by atoms with E-state index in [1.54, 1.807) is 19.9 Å². The summed E-state index contributed by atoms with van der Waals surface area (Å²) < 4.78 is 30.4. The van der Waals surface area contributed by atoms with Crippen molar-refractivity contribution in [2.24, 2.45) is 0 Å². The molecule has 0 fully saturated rings. The first-order valence-electron chi connectivity index (χ1n) is 4.67. The number of aromatic nitrogens is 1. The lowest BCUT2D eigenvalue weighted by Gasteiger charge is -2.08. The predicted octanol–water partition coefficient (Wildman–Crippen LogP) is 2.24. The van der Waals surface area contributed by atoms with Crippen LogP contribution in [-0.2, 0) is 11.3 Å². The van der Waals surface area contributed by atoms with E-state index in [1.807, 2.05) is 0 Å². The Bertz CT molecular complexity index is 347. The van der Waals surface area contributed by atoms with E-state index in [-0.39, 0.29) is 12.3 Å². The van der Waals surface area contributed by atoms with Crippen molar-refractivity contribution >= 4 is 5.97 Å². The van der Waals surface area contributed by atoms with Gasteiger partial charge in [0.05, 0.1) is 13.2 Å². The summed E-state index contributed by atoms with van der Waals surface area (Å²) in [5, 5.41) is 0. The third-order valence-corrected chi connectivity index (χ3v) is 1.97. The lowest BCUT2D eigenvalue weighted by atomic mass is 10.3. The number of hydrogen-bond donors (Lipinski definition) is 0. The van der Waals surface area contributed by atoms with Crippen LogP contribution in [0.15, 0.2) is 12.3 Å². The number of ether oxygens (including phenoxy) is 1. The molecule has 1 heterocycles. The Morgan fingerprint density at radius 3 is 2.80 bits per heavy atom. The summed E-state index contributed by atoms with van der Waals surface area (Å²) in [6.45, 7) is 3.11. The summed E-state index contributed by atoms with van der Waals surface area (Å²) >= 11 is 0. The van der Waals surface area contributed by atoms with E-state index in [4.69, 9.17) is 4.74 Å². The molecule has 5 heteroatoms. The van der Waals surface area contributed by atoms with E-state index in [0.717, 1.165) is 0 Å². The van der Waals surface area contributed by atoms with Crippen molar-refractivity contribution in [3.05, 3.63) is 23.5 Å². The van der Waals surface area contributed by atoms with Crippen LogP contribution in [0.4, 0.5) is 8.78 Å². The quantitative estimate of drug-likeness (QED) is 0.724. The Morgan fingerprint density at radius 1 is 1.60 bits per heavy atom. The fraction of sp³-hybridized carbons (Fsp3) is 0.500. The molecule has 0 aliphatic rings. The summed E-state index contributed by atoms with van der Waals surface area (Å²) in [4.78, 5) is 11.4. The van der Waals surface area contributed by atoms with E-state index in [1.165, 1.54) is 10.8 Å². The van der Waals surface area contributed by atoms with Gasteiger partial charge in [-0.1, -0.05) is 0 Å². The number of alkyl halides is 2. The van der Waals surface area contributed by atoms with Crippen LogP contribution in [0.2, 0.25) is 0 Å². The fourth-order valence-electron chi connectivity index (χ4n) is 1.36. The van der Waals surface area contributed by atoms with Crippen LogP contribution >= 0.6 is 0 Å². The summed E-state index contributed by atoms with van der Waals surface area (Å²) in [6, 6.07) is 1.62. The topological polar surface area (TPSA) is 31.2 Å². The Morgan fingerprint density at radius 2 is 2.27 bits per heavy atom. The van der Waals surface area contributed by atoms with Gasteiger partial charge in [-0.15, -0.1) is 0 Å². The third kappa shape index (κ3) is 2.78. The maximum Gasteiger partial charge on any atom is 0.355 e. The molecule has 1 rings (SSSR count). The highest BCUT2D eigenvalue weighted by Crippen LogP contribution is 2.13. The molecule has 15 heavy (non-hydrogen) atoms. The monoisotopic (exact) mass is 217 g/mol. The van der Waals surface area contributed by atoms with Crippen molar-refractivity contribution in [2.45, 2.75) is 26.8 Å². The first kappa shape index (κ1) is 11.7. The standard InChI is InChI=1S/C10H13F2NO2/c1-3-15-10(14)9-7(2)4-5-13(9)6-8(11)12/h4-5,8H,3,6H2,1-2H3. The molecule has 0 aromatic carbocycles. The van der Waals surface area contributed by atoms with Crippen LogP contribution in [0, 0.1) is 6.92 Å². The van der Waals surface area contributed by atoms with Gasteiger partial charge in [0.25, 0.3) is 6.43 Å². The maximum atomic E-state index is 12.2. The lowest BCUT2D eigenvalue weighted by Crippen LogP contribution is -2.16. The molecule has 1 aromatic heterocycles. The van der Waals surface area contributed by atoms with Crippen LogP contribution in [0.25, 0.3) is 0 Å². The van der Waals surface area contributed by atoms with Crippen molar-refractivity contribution in [3.8, 4) is 0 Å². The summed E-state index contributed by atoms with van der Waals surface area (Å²) in [6.07, 6.45) is -1.02. The Labute approximate surface area is 86.6 Å². The molecule has 0 aliphatic carbocycles. The Kier molecular flexibility index (Phi) is 3.82. The van der Waals surface area contributed by atoms with Gasteiger partial charge >= 0.3 is 5.97 Å². The Balaban J connectivity index is 2.93. The summed E-state index contributed by atoms with van der Waals surface area (Å²) in [7, 11) is 0. The number of aryl methyl sites for hydroxylation is 1. The number of carbonyl (C=O) groups is 1. The first-order valence-corrected chi connectivity index (χ1v) is 4.67. The smallest absolute Gasteiger partial charge is 0.355 e. The molecule has 1 aromatic rings.